The number of nitrogens with zero attached hydrogens (tertiary/aromatic N) is 1. The van der Waals surface area contributed by atoms with Gasteiger partial charge in [-0.2, -0.15) is 0 Å². The fraction of sp³-hybridized carbons (Fsp3) is 0.400. The number of hydrogen-bond donors (Lipinski definition) is 1. The van der Waals surface area contributed by atoms with Crippen LogP contribution in [-0.2, 0) is 11.3 Å². The number of aromatic nitrogens is 1. The standard InChI is InChI=1S/C8H9ClN2O.C2H6/c1-6(12)11-5-8-7(9)3-2-4-10-8;1-2/h2-4H,5H2,1H3,(H,11,12);1-2H3. The third-order valence-corrected chi connectivity index (χ3v) is 1.68. The van der Waals surface area contributed by atoms with E-state index in [0.29, 0.717) is 17.3 Å². The average Bonchev–Trinajstić information content (AvgIpc) is 2.19. The molecule has 1 N–H and O–H groups in total. The summed E-state index contributed by atoms with van der Waals surface area (Å²) in [5, 5.41) is 3.19. The van der Waals surface area contributed by atoms with Crippen molar-refractivity contribution in [3.63, 3.8) is 0 Å². The van der Waals surface area contributed by atoms with Crippen molar-refractivity contribution in [2.45, 2.75) is 27.3 Å². The van der Waals surface area contributed by atoms with E-state index in [9.17, 15) is 4.79 Å². The molecule has 0 spiro atoms. The van der Waals surface area contributed by atoms with Gasteiger partial charge in [0, 0.05) is 13.1 Å². The van der Waals surface area contributed by atoms with Crippen LogP contribution in [0.25, 0.3) is 0 Å². The Morgan fingerprint density at radius 1 is 1.57 bits per heavy atom. The first-order valence-electron chi connectivity index (χ1n) is 4.54. The van der Waals surface area contributed by atoms with Crippen molar-refractivity contribution >= 4 is 17.5 Å². The maximum atomic E-state index is 10.5. The van der Waals surface area contributed by atoms with E-state index in [2.05, 4.69) is 10.3 Å². The first kappa shape index (κ1) is 12.9. The van der Waals surface area contributed by atoms with Crippen LogP contribution in [0.5, 0.6) is 0 Å². The maximum Gasteiger partial charge on any atom is 0.217 e. The zero-order valence-electron chi connectivity index (χ0n) is 8.67. The quantitative estimate of drug-likeness (QED) is 0.822. The number of hydrogen-bond acceptors (Lipinski definition) is 2. The molecule has 0 radical (unpaired) electrons. The molecule has 3 nitrogen and oxygen atoms in total. The second kappa shape index (κ2) is 7.33. The van der Waals surface area contributed by atoms with Gasteiger partial charge in [-0.05, 0) is 12.1 Å². The zero-order chi connectivity index (χ0) is 11.0. The lowest BCUT2D eigenvalue weighted by Gasteiger charge is -2.02. The monoisotopic (exact) mass is 214 g/mol. The van der Waals surface area contributed by atoms with Gasteiger partial charge in [-0.1, -0.05) is 25.4 Å². The van der Waals surface area contributed by atoms with Gasteiger partial charge in [0.05, 0.1) is 17.3 Å². The Hall–Kier alpha value is -1.09. The minimum Gasteiger partial charge on any atom is -0.351 e. The number of rotatable bonds is 2. The third kappa shape index (κ3) is 4.82. The van der Waals surface area contributed by atoms with Crippen molar-refractivity contribution in [1.82, 2.24) is 10.3 Å². The summed E-state index contributed by atoms with van der Waals surface area (Å²) in [6.07, 6.45) is 1.64. The summed E-state index contributed by atoms with van der Waals surface area (Å²) in [4.78, 5) is 14.5. The Morgan fingerprint density at radius 3 is 2.71 bits per heavy atom. The Labute approximate surface area is 89.5 Å². The molecular weight excluding hydrogens is 200 g/mol. The molecule has 0 fully saturated rings. The Bertz CT molecular complexity index is 289. The van der Waals surface area contributed by atoms with Crippen molar-refractivity contribution in [2.75, 3.05) is 0 Å². The van der Waals surface area contributed by atoms with Gasteiger partial charge in [-0.3, -0.25) is 9.78 Å². The summed E-state index contributed by atoms with van der Waals surface area (Å²) in [7, 11) is 0. The van der Waals surface area contributed by atoms with Crippen LogP contribution in [0, 0.1) is 0 Å². The first-order valence-corrected chi connectivity index (χ1v) is 4.92. The topological polar surface area (TPSA) is 42.0 Å². The number of nitrogens with one attached hydrogen (secondary N) is 1. The largest absolute Gasteiger partial charge is 0.351 e. The van der Waals surface area contributed by atoms with E-state index in [1.165, 1.54) is 6.92 Å². The molecule has 78 valence electrons. The fourth-order valence-electron chi connectivity index (χ4n) is 0.757. The van der Waals surface area contributed by atoms with Gasteiger partial charge in [0.25, 0.3) is 0 Å². The van der Waals surface area contributed by atoms with Gasteiger partial charge in [-0.25, -0.2) is 0 Å². The molecule has 1 aromatic rings. The van der Waals surface area contributed by atoms with E-state index >= 15 is 0 Å². The third-order valence-electron chi connectivity index (χ3n) is 1.34. The minimum atomic E-state index is -0.0864. The summed E-state index contributed by atoms with van der Waals surface area (Å²) in [6, 6.07) is 3.49. The van der Waals surface area contributed by atoms with Crippen molar-refractivity contribution in [2.24, 2.45) is 0 Å². The molecule has 14 heavy (non-hydrogen) atoms. The number of halogens is 1. The van der Waals surface area contributed by atoms with Crippen LogP contribution in [0.15, 0.2) is 18.3 Å². The highest BCUT2D eigenvalue weighted by molar-refractivity contribution is 6.31. The van der Waals surface area contributed by atoms with Crippen molar-refractivity contribution in [3.05, 3.63) is 29.0 Å². The summed E-state index contributed by atoms with van der Waals surface area (Å²) in [5.41, 5.74) is 0.689. The first-order chi connectivity index (χ1) is 6.70. The number of carbonyl (C=O) groups excluding carboxylic acids is 1. The van der Waals surface area contributed by atoms with Crippen molar-refractivity contribution in [1.29, 1.82) is 0 Å². The van der Waals surface area contributed by atoms with Gasteiger partial charge in [-0.15, -0.1) is 0 Å². The zero-order valence-corrected chi connectivity index (χ0v) is 9.43. The molecule has 0 saturated carbocycles. The lowest BCUT2D eigenvalue weighted by molar-refractivity contribution is -0.119. The SMILES string of the molecule is CC.CC(=O)NCc1ncccc1Cl. The second-order valence-corrected chi connectivity index (χ2v) is 2.75. The van der Waals surface area contributed by atoms with Crippen LogP contribution in [0.4, 0.5) is 0 Å². The van der Waals surface area contributed by atoms with Crippen LogP contribution in [0.1, 0.15) is 26.5 Å². The summed E-state index contributed by atoms with van der Waals surface area (Å²) in [6.45, 7) is 5.84. The molecule has 0 aliphatic rings. The molecule has 0 aliphatic heterocycles. The molecule has 1 rings (SSSR count). The van der Waals surface area contributed by atoms with Crippen LogP contribution in [0.3, 0.4) is 0 Å². The van der Waals surface area contributed by atoms with Gasteiger partial charge < -0.3 is 5.32 Å². The molecule has 1 aromatic heterocycles. The summed E-state index contributed by atoms with van der Waals surface area (Å²) < 4.78 is 0. The van der Waals surface area contributed by atoms with E-state index in [1.807, 2.05) is 13.8 Å². The molecule has 0 aliphatic carbocycles. The maximum absolute atomic E-state index is 10.5. The lowest BCUT2D eigenvalue weighted by Crippen LogP contribution is -2.19. The molecule has 1 heterocycles. The van der Waals surface area contributed by atoms with E-state index < -0.39 is 0 Å². The number of amides is 1. The van der Waals surface area contributed by atoms with E-state index in [4.69, 9.17) is 11.6 Å². The number of carbonyl (C=O) groups is 1. The molecule has 0 aromatic carbocycles. The Kier molecular flexibility index (Phi) is 6.76. The lowest BCUT2D eigenvalue weighted by atomic mass is 10.3. The van der Waals surface area contributed by atoms with Gasteiger partial charge in [0.1, 0.15) is 0 Å². The number of pyridine rings is 1. The van der Waals surface area contributed by atoms with Gasteiger partial charge in [0.15, 0.2) is 0 Å². The van der Waals surface area contributed by atoms with Crippen LogP contribution in [-0.4, -0.2) is 10.9 Å². The minimum absolute atomic E-state index is 0.0864. The normalized spacial score (nSPS) is 8.57. The van der Waals surface area contributed by atoms with Crippen LogP contribution in [0.2, 0.25) is 5.02 Å². The Morgan fingerprint density at radius 2 is 2.21 bits per heavy atom. The van der Waals surface area contributed by atoms with Crippen LogP contribution < -0.4 is 5.32 Å². The van der Waals surface area contributed by atoms with Crippen molar-refractivity contribution in [3.8, 4) is 0 Å². The molecule has 0 bridgehead atoms. The van der Waals surface area contributed by atoms with E-state index in [0.717, 1.165) is 0 Å². The van der Waals surface area contributed by atoms with Crippen molar-refractivity contribution < 1.29 is 4.79 Å². The molecular formula is C10H15ClN2O. The summed E-state index contributed by atoms with van der Waals surface area (Å²) >= 11 is 5.79. The predicted molar refractivity (Wildman–Crippen MR) is 58.1 cm³/mol. The van der Waals surface area contributed by atoms with E-state index in [1.54, 1.807) is 18.3 Å². The highest BCUT2D eigenvalue weighted by Crippen LogP contribution is 2.10. The van der Waals surface area contributed by atoms with E-state index in [-0.39, 0.29) is 5.91 Å². The predicted octanol–water partition coefficient (Wildman–Crippen LogP) is 2.40. The highest BCUT2D eigenvalue weighted by Gasteiger charge is 1.99. The van der Waals surface area contributed by atoms with Gasteiger partial charge >= 0.3 is 0 Å². The summed E-state index contributed by atoms with van der Waals surface area (Å²) in [5.74, 6) is -0.0864. The molecule has 0 unspecified atom stereocenters. The fourth-order valence-corrected chi connectivity index (χ4v) is 0.945. The molecule has 1 amide bonds. The van der Waals surface area contributed by atoms with Gasteiger partial charge in [0.2, 0.25) is 5.91 Å². The molecule has 0 atom stereocenters. The van der Waals surface area contributed by atoms with Crippen LogP contribution >= 0.6 is 11.6 Å². The molecule has 0 saturated heterocycles. The Balaban J connectivity index is 0.000000791. The second-order valence-electron chi connectivity index (χ2n) is 2.34. The average molecular weight is 215 g/mol. The highest BCUT2D eigenvalue weighted by atomic mass is 35.5. The smallest absolute Gasteiger partial charge is 0.217 e. The molecule has 4 heteroatoms.